The van der Waals surface area contributed by atoms with Crippen molar-refractivity contribution in [3.05, 3.63) is 58.1 Å². The first-order chi connectivity index (χ1) is 21.7. The number of nitrogens with two attached hydrogens (primary N) is 1. The standard InChI is InChI=1S/C34H46F2N4O6/c1-33(2,41)32(39-23-7-8-24(39)16-27(15-23)46-30-10-4-20(37)12-28(30)35)18-34(3,42)19-38-21-5-6-22(38)14-26(13-21)45-31-11-9-25(40(43)44)17-29(31)36/h4,9-12,17,21-24,26-27,32,41-42H,5-8,13-16,18-19,37H2,1-3H3/t21-,22+,23-,24+,26-,27-,32?,34?. The van der Waals surface area contributed by atoms with Gasteiger partial charge in [-0.3, -0.25) is 19.9 Å². The van der Waals surface area contributed by atoms with Crippen LogP contribution in [0.4, 0.5) is 20.2 Å². The summed E-state index contributed by atoms with van der Waals surface area (Å²) in [4.78, 5) is 15.1. The predicted octanol–water partition coefficient (Wildman–Crippen LogP) is 5.18. The predicted molar refractivity (Wildman–Crippen MR) is 169 cm³/mol. The molecule has 4 bridgehead atoms. The lowest BCUT2D eigenvalue weighted by Crippen LogP contribution is -2.61. The SMILES string of the molecule is CC(O)(CC(N1[C@@H]2CC[C@H]1C[C@H](Oc1ccc(N)cc1F)C2)C(C)(C)O)CN1[C@@H]2CC[C@H]1C[C@H](Oc1ccc([N+](=O)[O-])cc1F)C2. The molecule has 2 unspecified atom stereocenters. The molecule has 0 aromatic heterocycles. The minimum atomic E-state index is -1.09. The molecule has 2 aromatic rings. The van der Waals surface area contributed by atoms with Gasteiger partial charge in [0.1, 0.15) is 12.2 Å². The molecule has 4 fully saturated rings. The molecule has 0 aliphatic carbocycles. The summed E-state index contributed by atoms with van der Waals surface area (Å²) < 4.78 is 41.1. The Labute approximate surface area is 268 Å². The third kappa shape index (κ3) is 6.95. The Hall–Kier alpha value is -3.06. The molecule has 4 aliphatic heterocycles. The van der Waals surface area contributed by atoms with Crippen LogP contribution >= 0.6 is 0 Å². The highest BCUT2D eigenvalue weighted by Gasteiger charge is 2.51. The van der Waals surface area contributed by atoms with Gasteiger partial charge >= 0.3 is 0 Å². The van der Waals surface area contributed by atoms with Crippen molar-refractivity contribution in [3.63, 3.8) is 0 Å². The number of nitro benzene ring substituents is 1. The number of fused-ring (bicyclic) bond motifs is 4. The fourth-order valence-electron chi connectivity index (χ4n) is 8.61. The second-order valence-electron chi connectivity index (χ2n) is 14.7. The first-order valence-electron chi connectivity index (χ1n) is 16.5. The number of nitrogens with zero attached hydrogens (tertiary/aromatic N) is 3. The van der Waals surface area contributed by atoms with Crippen LogP contribution < -0.4 is 15.2 Å². The van der Waals surface area contributed by atoms with Gasteiger partial charge in [0.2, 0.25) is 0 Å². The van der Waals surface area contributed by atoms with Crippen LogP contribution in [0.2, 0.25) is 0 Å². The Balaban J connectivity index is 1.09. The fraction of sp³-hybridized carbons (Fsp3) is 0.647. The van der Waals surface area contributed by atoms with E-state index >= 15 is 0 Å². The number of ether oxygens (including phenoxy) is 2. The van der Waals surface area contributed by atoms with E-state index in [0.29, 0.717) is 44.3 Å². The molecule has 46 heavy (non-hydrogen) atoms. The van der Waals surface area contributed by atoms with E-state index < -0.39 is 27.8 Å². The largest absolute Gasteiger partial charge is 0.487 e. The van der Waals surface area contributed by atoms with Gasteiger partial charge in [-0.25, -0.2) is 8.78 Å². The molecule has 10 nitrogen and oxygen atoms in total. The van der Waals surface area contributed by atoms with Crippen molar-refractivity contribution in [2.24, 2.45) is 0 Å². The van der Waals surface area contributed by atoms with E-state index in [0.717, 1.165) is 31.7 Å². The van der Waals surface area contributed by atoms with E-state index in [9.17, 15) is 29.1 Å². The van der Waals surface area contributed by atoms with Gasteiger partial charge in [-0.05, 0) is 96.8 Å². The quantitative estimate of drug-likeness (QED) is 0.172. The lowest BCUT2D eigenvalue weighted by molar-refractivity contribution is -0.385. The molecule has 4 aliphatic rings. The van der Waals surface area contributed by atoms with Gasteiger partial charge in [0.25, 0.3) is 5.69 Å². The summed E-state index contributed by atoms with van der Waals surface area (Å²) in [6, 6.07) is 8.26. The number of aliphatic hydroxyl groups is 2. The van der Waals surface area contributed by atoms with Gasteiger partial charge < -0.3 is 25.4 Å². The molecular formula is C34H46F2N4O6. The molecule has 6 rings (SSSR count). The summed E-state index contributed by atoms with van der Waals surface area (Å²) in [5.41, 5.74) is 3.57. The maximum Gasteiger partial charge on any atom is 0.272 e. The molecule has 4 heterocycles. The molecule has 12 heteroatoms. The number of benzene rings is 2. The number of hydrogen-bond acceptors (Lipinski definition) is 9. The number of rotatable bonds is 11. The maximum atomic E-state index is 14.5. The van der Waals surface area contributed by atoms with Gasteiger partial charge in [-0.2, -0.15) is 0 Å². The van der Waals surface area contributed by atoms with Crippen LogP contribution in [0.5, 0.6) is 11.5 Å². The Morgan fingerprint density at radius 3 is 1.89 bits per heavy atom. The minimum absolute atomic E-state index is 0.0193. The number of halogens is 2. The van der Waals surface area contributed by atoms with Crippen LogP contribution in [0, 0.1) is 21.7 Å². The number of piperidine rings is 2. The Morgan fingerprint density at radius 2 is 1.39 bits per heavy atom. The number of anilines is 1. The van der Waals surface area contributed by atoms with Crippen molar-refractivity contribution in [2.45, 2.75) is 132 Å². The van der Waals surface area contributed by atoms with Gasteiger partial charge in [-0.15, -0.1) is 0 Å². The number of non-ortho nitro benzene ring substituents is 1. The maximum absolute atomic E-state index is 14.5. The zero-order valence-corrected chi connectivity index (χ0v) is 26.8. The summed E-state index contributed by atoms with van der Waals surface area (Å²) in [6.45, 7) is 5.91. The summed E-state index contributed by atoms with van der Waals surface area (Å²) >= 11 is 0. The van der Waals surface area contributed by atoms with Crippen LogP contribution in [0.15, 0.2) is 36.4 Å². The molecule has 0 amide bonds. The fourth-order valence-corrected chi connectivity index (χ4v) is 8.61. The molecule has 252 valence electrons. The van der Waals surface area contributed by atoms with Crippen molar-refractivity contribution in [2.75, 3.05) is 12.3 Å². The zero-order chi connectivity index (χ0) is 33.0. The Morgan fingerprint density at radius 1 is 0.891 bits per heavy atom. The third-order valence-electron chi connectivity index (χ3n) is 10.6. The highest BCUT2D eigenvalue weighted by Crippen LogP contribution is 2.44. The number of hydrogen-bond donors (Lipinski definition) is 3. The van der Waals surface area contributed by atoms with E-state index in [4.69, 9.17) is 15.2 Å². The lowest BCUT2D eigenvalue weighted by Gasteiger charge is -2.50. The van der Waals surface area contributed by atoms with Crippen LogP contribution in [-0.4, -0.2) is 85.1 Å². The summed E-state index contributed by atoms with van der Waals surface area (Å²) in [5.74, 6) is -0.989. The monoisotopic (exact) mass is 644 g/mol. The summed E-state index contributed by atoms with van der Waals surface area (Å²) in [6.07, 6.45) is 6.58. The summed E-state index contributed by atoms with van der Waals surface area (Å²) in [5, 5.41) is 34.3. The average molecular weight is 645 g/mol. The molecule has 0 radical (unpaired) electrons. The van der Waals surface area contributed by atoms with Crippen molar-refractivity contribution in [1.82, 2.24) is 9.80 Å². The molecule has 8 atom stereocenters. The van der Waals surface area contributed by atoms with Crippen molar-refractivity contribution >= 4 is 11.4 Å². The van der Waals surface area contributed by atoms with Crippen LogP contribution in [0.3, 0.4) is 0 Å². The minimum Gasteiger partial charge on any atom is -0.487 e. The first kappa shape index (κ1) is 32.9. The van der Waals surface area contributed by atoms with E-state index in [2.05, 4.69) is 9.80 Å². The van der Waals surface area contributed by atoms with Gasteiger partial charge in [0.15, 0.2) is 23.1 Å². The second kappa shape index (κ2) is 12.5. The van der Waals surface area contributed by atoms with Crippen LogP contribution in [0.1, 0.15) is 78.6 Å². The molecule has 0 spiro atoms. The van der Waals surface area contributed by atoms with Crippen LogP contribution in [0.25, 0.3) is 0 Å². The average Bonchev–Trinajstić information content (AvgIpc) is 3.33. The molecule has 4 saturated heterocycles. The van der Waals surface area contributed by atoms with Gasteiger partial charge in [-0.1, -0.05) is 0 Å². The highest BCUT2D eigenvalue weighted by molar-refractivity contribution is 5.43. The molecule has 0 saturated carbocycles. The first-order valence-corrected chi connectivity index (χ1v) is 16.5. The zero-order valence-electron chi connectivity index (χ0n) is 26.8. The Bertz CT molecular complexity index is 1410. The number of nitrogen functional groups attached to an aromatic ring is 1. The summed E-state index contributed by atoms with van der Waals surface area (Å²) in [7, 11) is 0. The number of nitro groups is 1. The van der Waals surface area contributed by atoms with Crippen LogP contribution in [-0.2, 0) is 0 Å². The van der Waals surface area contributed by atoms with Crippen molar-refractivity contribution < 1.29 is 33.4 Å². The topological polar surface area (TPSA) is 135 Å². The second-order valence-corrected chi connectivity index (χ2v) is 14.7. The highest BCUT2D eigenvalue weighted by atomic mass is 19.1. The van der Waals surface area contributed by atoms with E-state index in [1.165, 1.54) is 18.2 Å². The smallest absolute Gasteiger partial charge is 0.272 e. The third-order valence-corrected chi connectivity index (χ3v) is 10.6. The van der Waals surface area contributed by atoms with E-state index in [1.807, 2.05) is 20.8 Å². The normalized spacial score (nSPS) is 30.2. The Kier molecular flexibility index (Phi) is 8.94. The van der Waals surface area contributed by atoms with Crippen molar-refractivity contribution in [1.29, 1.82) is 0 Å². The molecule has 2 aromatic carbocycles. The lowest BCUT2D eigenvalue weighted by atomic mass is 9.82. The van der Waals surface area contributed by atoms with Gasteiger partial charge in [0, 0.05) is 54.6 Å². The van der Waals surface area contributed by atoms with Gasteiger partial charge in [0.05, 0.1) is 22.2 Å². The van der Waals surface area contributed by atoms with E-state index in [1.54, 1.807) is 12.1 Å². The molecule has 4 N–H and O–H groups in total. The van der Waals surface area contributed by atoms with E-state index in [-0.39, 0.29) is 59.6 Å². The van der Waals surface area contributed by atoms with Crippen molar-refractivity contribution in [3.8, 4) is 11.5 Å². The molecular weight excluding hydrogens is 598 g/mol.